The van der Waals surface area contributed by atoms with Gasteiger partial charge in [0.05, 0.1) is 0 Å². The molecular formula is C22H18NO4P. The molecule has 0 bridgehead atoms. The Morgan fingerprint density at radius 3 is 2.18 bits per heavy atom. The second-order valence-corrected chi connectivity index (χ2v) is 8.31. The highest BCUT2D eigenvalue weighted by atomic mass is 31.2. The molecule has 1 amide bonds. The van der Waals surface area contributed by atoms with Crippen molar-refractivity contribution in [3.8, 4) is 0 Å². The van der Waals surface area contributed by atoms with Gasteiger partial charge in [-0.2, -0.15) is 0 Å². The van der Waals surface area contributed by atoms with E-state index >= 15 is 0 Å². The van der Waals surface area contributed by atoms with Crippen LogP contribution in [0, 0.1) is 0 Å². The van der Waals surface area contributed by atoms with Gasteiger partial charge in [0.2, 0.25) is 5.91 Å². The van der Waals surface area contributed by atoms with Crippen molar-refractivity contribution < 1.29 is 19.1 Å². The number of carbonyl (C=O) groups is 1. The molecule has 4 rings (SSSR count). The quantitative estimate of drug-likeness (QED) is 0.434. The third kappa shape index (κ3) is 3.56. The standard InChI is InChI=1S/C22H18NO4P/c24-22(23-18-13-12-15-6-1-2-8-17(15)14-18)21(28(25,26)27)20-11-5-9-16-7-3-4-10-19(16)20/h1-14,21H,(H,23,24)(H2,25,26,27). The molecule has 1 atom stereocenters. The summed E-state index contributed by atoms with van der Waals surface area (Å²) in [4.78, 5) is 32.9. The molecule has 0 aliphatic rings. The van der Waals surface area contributed by atoms with Crippen molar-refractivity contribution in [2.45, 2.75) is 5.66 Å². The van der Waals surface area contributed by atoms with E-state index in [1.165, 1.54) is 0 Å². The fourth-order valence-corrected chi connectivity index (χ4v) is 4.40. The number of hydrogen-bond acceptors (Lipinski definition) is 2. The van der Waals surface area contributed by atoms with E-state index < -0.39 is 19.2 Å². The Balaban J connectivity index is 1.75. The van der Waals surface area contributed by atoms with Gasteiger partial charge in [-0.05, 0) is 39.2 Å². The van der Waals surface area contributed by atoms with Gasteiger partial charge >= 0.3 is 7.60 Å². The molecule has 0 aliphatic heterocycles. The summed E-state index contributed by atoms with van der Waals surface area (Å²) >= 11 is 0. The minimum absolute atomic E-state index is 0.310. The highest BCUT2D eigenvalue weighted by molar-refractivity contribution is 7.53. The number of carbonyl (C=O) groups excluding carboxylic acids is 1. The molecule has 6 heteroatoms. The van der Waals surface area contributed by atoms with Crippen molar-refractivity contribution in [2.75, 3.05) is 5.32 Å². The maximum atomic E-state index is 12.9. The molecule has 4 aromatic rings. The minimum atomic E-state index is -4.76. The average Bonchev–Trinajstić information content (AvgIpc) is 2.67. The summed E-state index contributed by atoms with van der Waals surface area (Å²) in [7, 11) is -4.76. The second kappa shape index (κ2) is 7.21. The molecule has 0 spiro atoms. The van der Waals surface area contributed by atoms with Crippen molar-refractivity contribution in [3.63, 3.8) is 0 Å². The maximum absolute atomic E-state index is 12.9. The highest BCUT2D eigenvalue weighted by Crippen LogP contribution is 2.53. The Labute approximate surface area is 161 Å². The average molecular weight is 391 g/mol. The lowest BCUT2D eigenvalue weighted by Crippen LogP contribution is -2.21. The van der Waals surface area contributed by atoms with Gasteiger partial charge in [0.15, 0.2) is 5.66 Å². The smallest absolute Gasteiger partial charge is 0.325 e. The van der Waals surface area contributed by atoms with Gasteiger partial charge in [0.25, 0.3) is 0 Å². The molecule has 1 unspecified atom stereocenters. The number of fused-ring (bicyclic) bond motifs is 2. The first-order valence-electron chi connectivity index (χ1n) is 8.76. The van der Waals surface area contributed by atoms with Crippen LogP contribution in [-0.4, -0.2) is 15.7 Å². The zero-order valence-electron chi connectivity index (χ0n) is 14.8. The van der Waals surface area contributed by atoms with Gasteiger partial charge < -0.3 is 15.1 Å². The lowest BCUT2D eigenvalue weighted by atomic mass is 10.0. The molecule has 5 nitrogen and oxygen atoms in total. The van der Waals surface area contributed by atoms with E-state index in [1.54, 1.807) is 36.4 Å². The lowest BCUT2D eigenvalue weighted by molar-refractivity contribution is -0.116. The first kappa shape index (κ1) is 18.4. The summed E-state index contributed by atoms with van der Waals surface area (Å²) in [6.07, 6.45) is 0. The molecule has 0 aromatic heterocycles. The van der Waals surface area contributed by atoms with Gasteiger partial charge in [-0.15, -0.1) is 0 Å². The molecule has 28 heavy (non-hydrogen) atoms. The molecule has 4 aromatic carbocycles. The summed E-state index contributed by atoms with van der Waals surface area (Å²) in [6, 6.07) is 25.4. The van der Waals surface area contributed by atoms with Gasteiger partial charge in [0, 0.05) is 5.69 Å². The van der Waals surface area contributed by atoms with E-state index in [0.717, 1.165) is 16.2 Å². The topological polar surface area (TPSA) is 86.6 Å². The van der Waals surface area contributed by atoms with Crippen LogP contribution in [0.2, 0.25) is 0 Å². The van der Waals surface area contributed by atoms with Crippen LogP contribution in [-0.2, 0) is 9.36 Å². The van der Waals surface area contributed by atoms with Crippen molar-refractivity contribution in [3.05, 3.63) is 90.5 Å². The summed E-state index contributed by atoms with van der Waals surface area (Å²) < 4.78 is 12.3. The highest BCUT2D eigenvalue weighted by Gasteiger charge is 2.38. The Kier molecular flexibility index (Phi) is 4.73. The molecule has 140 valence electrons. The van der Waals surface area contributed by atoms with Gasteiger partial charge in [0.1, 0.15) is 0 Å². The lowest BCUT2D eigenvalue weighted by Gasteiger charge is -2.20. The van der Waals surface area contributed by atoms with E-state index in [-0.39, 0.29) is 0 Å². The van der Waals surface area contributed by atoms with E-state index in [0.29, 0.717) is 16.6 Å². The van der Waals surface area contributed by atoms with Gasteiger partial charge in [-0.3, -0.25) is 9.36 Å². The molecule has 0 saturated carbocycles. The monoisotopic (exact) mass is 391 g/mol. The fraction of sp³-hybridized carbons (Fsp3) is 0.0455. The summed E-state index contributed by atoms with van der Waals surface area (Å²) in [6.45, 7) is 0. The van der Waals surface area contributed by atoms with E-state index in [2.05, 4.69) is 5.32 Å². The van der Waals surface area contributed by atoms with E-state index in [4.69, 9.17) is 0 Å². The SMILES string of the molecule is O=C(Nc1ccc2ccccc2c1)C(c1cccc2ccccc12)P(=O)(O)O. The number of hydrogen-bond donors (Lipinski definition) is 3. The molecule has 0 saturated heterocycles. The van der Waals surface area contributed by atoms with Crippen molar-refractivity contribution in [1.29, 1.82) is 0 Å². The van der Waals surface area contributed by atoms with Crippen LogP contribution >= 0.6 is 7.60 Å². The minimum Gasteiger partial charge on any atom is -0.325 e. The van der Waals surface area contributed by atoms with Crippen LogP contribution in [0.1, 0.15) is 11.2 Å². The normalized spacial score (nSPS) is 12.8. The second-order valence-electron chi connectivity index (χ2n) is 6.61. The third-order valence-corrected chi connectivity index (χ3v) is 5.91. The van der Waals surface area contributed by atoms with Gasteiger partial charge in [-0.1, -0.05) is 72.8 Å². The number of amides is 1. The van der Waals surface area contributed by atoms with Crippen LogP contribution in [0.4, 0.5) is 5.69 Å². The van der Waals surface area contributed by atoms with E-state index in [9.17, 15) is 19.1 Å². The predicted octanol–water partition coefficient (Wildman–Crippen LogP) is 4.85. The van der Waals surface area contributed by atoms with Crippen LogP contribution in [0.3, 0.4) is 0 Å². The fourth-order valence-electron chi connectivity index (χ4n) is 3.44. The van der Waals surface area contributed by atoms with Crippen molar-refractivity contribution in [2.24, 2.45) is 0 Å². The van der Waals surface area contributed by atoms with Crippen LogP contribution in [0.25, 0.3) is 21.5 Å². The Bertz CT molecular complexity index is 1230. The zero-order chi connectivity index (χ0) is 19.7. The summed E-state index contributed by atoms with van der Waals surface area (Å²) in [5.74, 6) is -0.736. The number of anilines is 1. The molecule has 0 heterocycles. The summed E-state index contributed by atoms with van der Waals surface area (Å²) in [5, 5.41) is 6.08. The Hall–Kier alpha value is -2.98. The summed E-state index contributed by atoms with van der Waals surface area (Å²) in [5.41, 5.74) is -0.794. The first-order valence-corrected chi connectivity index (χ1v) is 10.4. The first-order chi connectivity index (χ1) is 13.4. The van der Waals surface area contributed by atoms with Crippen LogP contribution in [0.5, 0.6) is 0 Å². The van der Waals surface area contributed by atoms with E-state index in [1.807, 2.05) is 48.5 Å². The number of benzene rings is 4. The van der Waals surface area contributed by atoms with Crippen LogP contribution < -0.4 is 5.32 Å². The molecule has 0 aliphatic carbocycles. The van der Waals surface area contributed by atoms with Crippen molar-refractivity contribution >= 4 is 40.7 Å². The predicted molar refractivity (Wildman–Crippen MR) is 111 cm³/mol. The van der Waals surface area contributed by atoms with Gasteiger partial charge in [-0.25, -0.2) is 0 Å². The largest absolute Gasteiger partial charge is 0.342 e. The Morgan fingerprint density at radius 2 is 1.43 bits per heavy atom. The molecule has 3 N–H and O–H groups in total. The Morgan fingerprint density at radius 1 is 0.786 bits per heavy atom. The molecule has 0 radical (unpaired) electrons. The van der Waals surface area contributed by atoms with Crippen LogP contribution in [0.15, 0.2) is 84.9 Å². The zero-order valence-corrected chi connectivity index (χ0v) is 15.7. The molecular weight excluding hydrogens is 373 g/mol. The number of nitrogens with one attached hydrogen (secondary N) is 1. The maximum Gasteiger partial charge on any atom is 0.342 e. The molecule has 0 fully saturated rings. The third-order valence-electron chi connectivity index (χ3n) is 4.72. The number of rotatable bonds is 4. The van der Waals surface area contributed by atoms with Crippen molar-refractivity contribution in [1.82, 2.24) is 0 Å².